The summed E-state index contributed by atoms with van der Waals surface area (Å²) in [5, 5.41) is 0. The summed E-state index contributed by atoms with van der Waals surface area (Å²) >= 11 is 5.59. The van der Waals surface area contributed by atoms with Gasteiger partial charge in [-0.25, -0.2) is 0 Å². The number of nitrogens with zero attached hydrogens (tertiary/aromatic N) is 1. The molecule has 0 fully saturated rings. The lowest BCUT2D eigenvalue weighted by Gasteiger charge is -2.21. The van der Waals surface area contributed by atoms with E-state index in [-0.39, 0.29) is 11.8 Å². The molecule has 1 atom stereocenters. The molecule has 0 rings (SSSR count). The fourth-order valence-electron chi connectivity index (χ4n) is 1.66. The predicted octanol–water partition coefficient (Wildman–Crippen LogP) is 3.29. The van der Waals surface area contributed by atoms with Crippen LogP contribution in [0.3, 0.4) is 0 Å². The van der Waals surface area contributed by atoms with E-state index in [1.165, 1.54) is 0 Å². The van der Waals surface area contributed by atoms with E-state index in [1.54, 1.807) is 0 Å². The fraction of sp³-hybridized carbons (Fsp3) is 0.917. The highest BCUT2D eigenvalue weighted by Crippen LogP contribution is 2.09. The van der Waals surface area contributed by atoms with Crippen LogP contribution in [0.5, 0.6) is 0 Å². The number of unbranched alkanes of at least 4 members (excludes halogenated alkanes) is 2. The fourth-order valence-corrected chi connectivity index (χ4v) is 1.85. The van der Waals surface area contributed by atoms with Crippen molar-refractivity contribution in [1.29, 1.82) is 0 Å². The van der Waals surface area contributed by atoms with Crippen LogP contribution in [-0.4, -0.2) is 30.3 Å². The molecule has 0 aliphatic heterocycles. The first kappa shape index (κ1) is 14.8. The number of carbonyl (C=O) groups is 1. The molecule has 0 radical (unpaired) electrons. The third kappa shape index (κ3) is 6.77. The maximum Gasteiger partial charge on any atom is 0.225 e. The summed E-state index contributed by atoms with van der Waals surface area (Å²) in [5.74, 6) is 1.18. The van der Waals surface area contributed by atoms with Crippen LogP contribution in [-0.2, 0) is 4.79 Å². The largest absolute Gasteiger partial charge is 0.346 e. The Kier molecular flexibility index (Phi) is 8.88. The van der Waals surface area contributed by atoms with E-state index in [1.807, 2.05) is 18.9 Å². The maximum absolute atomic E-state index is 11.8. The number of carbonyl (C=O) groups excluding carboxylic acids is 1. The highest BCUT2D eigenvalue weighted by atomic mass is 35.5. The monoisotopic (exact) mass is 233 g/mol. The molecule has 2 nitrogen and oxygen atoms in total. The van der Waals surface area contributed by atoms with Gasteiger partial charge in [-0.15, -0.1) is 11.6 Å². The summed E-state index contributed by atoms with van der Waals surface area (Å²) in [4.78, 5) is 13.7. The van der Waals surface area contributed by atoms with E-state index in [9.17, 15) is 4.79 Å². The van der Waals surface area contributed by atoms with Gasteiger partial charge in [0.2, 0.25) is 5.91 Å². The molecule has 3 heteroatoms. The lowest BCUT2D eigenvalue weighted by molar-refractivity contribution is -0.133. The Labute approximate surface area is 99.0 Å². The number of rotatable bonds is 8. The normalized spacial score (nSPS) is 12.5. The van der Waals surface area contributed by atoms with E-state index in [0.29, 0.717) is 0 Å². The van der Waals surface area contributed by atoms with Crippen LogP contribution >= 0.6 is 11.6 Å². The lowest BCUT2D eigenvalue weighted by Crippen LogP contribution is -2.32. The maximum atomic E-state index is 11.8. The standard InChI is InChI=1S/C12H24ClNO/c1-4-8-11(2)12(15)14(3)10-7-5-6-9-13/h11H,4-10H2,1-3H3. The molecule has 0 heterocycles. The first-order valence-corrected chi connectivity index (χ1v) is 6.47. The second-order valence-corrected chi connectivity index (χ2v) is 4.58. The molecule has 0 aromatic heterocycles. The average molecular weight is 234 g/mol. The van der Waals surface area contributed by atoms with E-state index >= 15 is 0 Å². The van der Waals surface area contributed by atoms with Gasteiger partial charge in [-0.05, 0) is 19.3 Å². The van der Waals surface area contributed by atoms with Gasteiger partial charge in [0.15, 0.2) is 0 Å². The Balaban J connectivity index is 3.68. The lowest BCUT2D eigenvalue weighted by atomic mass is 10.0. The van der Waals surface area contributed by atoms with Gasteiger partial charge >= 0.3 is 0 Å². The Morgan fingerprint density at radius 2 is 2.00 bits per heavy atom. The van der Waals surface area contributed by atoms with Gasteiger partial charge in [0.05, 0.1) is 0 Å². The van der Waals surface area contributed by atoms with E-state index in [4.69, 9.17) is 11.6 Å². The van der Waals surface area contributed by atoms with Crippen molar-refractivity contribution in [3.05, 3.63) is 0 Å². The molecule has 0 N–H and O–H groups in total. The quantitative estimate of drug-likeness (QED) is 0.465. The summed E-state index contributed by atoms with van der Waals surface area (Å²) in [7, 11) is 1.90. The molecule has 15 heavy (non-hydrogen) atoms. The van der Waals surface area contributed by atoms with Crippen LogP contribution in [0.4, 0.5) is 0 Å². The smallest absolute Gasteiger partial charge is 0.225 e. The summed E-state index contributed by atoms with van der Waals surface area (Å²) < 4.78 is 0. The van der Waals surface area contributed by atoms with Gasteiger partial charge in [0, 0.05) is 25.4 Å². The molecule has 90 valence electrons. The van der Waals surface area contributed by atoms with E-state index in [0.717, 1.165) is 44.5 Å². The Morgan fingerprint density at radius 3 is 2.53 bits per heavy atom. The molecule has 0 bridgehead atoms. The van der Waals surface area contributed by atoms with Crippen LogP contribution in [0.1, 0.15) is 46.0 Å². The van der Waals surface area contributed by atoms with Crippen LogP contribution in [0.15, 0.2) is 0 Å². The van der Waals surface area contributed by atoms with Gasteiger partial charge in [-0.1, -0.05) is 26.7 Å². The van der Waals surface area contributed by atoms with Crippen molar-refractivity contribution in [3.63, 3.8) is 0 Å². The first-order chi connectivity index (χ1) is 7.13. The van der Waals surface area contributed by atoms with Crippen molar-refractivity contribution in [2.45, 2.75) is 46.0 Å². The van der Waals surface area contributed by atoms with Gasteiger partial charge in [0.25, 0.3) is 0 Å². The second-order valence-electron chi connectivity index (χ2n) is 4.20. The number of hydrogen-bond acceptors (Lipinski definition) is 1. The van der Waals surface area contributed by atoms with Gasteiger partial charge in [0.1, 0.15) is 0 Å². The van der Waals surface area contributed by atoms with Crippen molar-refractivity contribution in [3.8, 4) is 0 Å². The van der Waals surface area contributed by atoms with E-state index < -0.39 is 0 Å². The van der Waals surface area contributed by atoms with Crippen molar-refractivity contribution in [2.75, 3.05) is 19.5 Å². The first-order valence-electron chi connectivity index (χ1n) is 5.94. The van der Waals surface area contributed by atoms with Crippen LogP contribution in [0, 0.1) is 5.92 Å². The molecule has 0 aromatic rings. The van der Waals surface area contributed by atoms with Gasteiger partial charge in [-0.3, -0.25) is 4.79 Å². The Bertz CT molecular complexity index is 173. The van der Waals surface area contributed by atoms with Crippen molar-refractivity contribution >= 4 is 17.5 Å². The van der Waals surface area contributed by atoms with E-state index in [2.05, 4.69) is 6.92 Å². The number of alkyl halides is 1. The number of halogens is 1. The number of amides is 1. The van der Waals surface area contributed by atoms with Crippen molar-refractivity contribution in [2.24, 2.45) is 5.92 Å². The van der Waals surface area contributed by atoms with Crippen LogP contribution in [0.25, 0.3) is 0 Å². The summed E-state index contributed by atoms with van der Waals surface area (Å²) in [5.41, 5.74) is 0. The summed E-state index contributed by atoms with van der Waals surface area (Å²) in [6.07, 6.45) is 5.29. The minimum atomic E-state index is 0.174. The third-order valence-electron chi connectivity index (χ3n) is 2.65. The molecule has 1 unspecified atom stereocenters. The molecule has 0 saturated heterocycles. The minimum absolute atomic E-state index is 0.174. The number of hydrogen-bond donors (Lipinski definition) is 0. The zero-order valence-electron chi connectivity index (χ0n) is 10.3. The third-order valence-corrected chi connectivity index (χ3v) is 2.91. The minimum Gasteiger partial charge on any atom is -0.346 e. The molecule has 0 spiro atoms. The molecule has 1 amide bonds. The Morgan fingerprint density at radius 1 is 1.33 bits per heavy atom. The zero-order valence-corrected chi connectivity index (χ0v) is 11.0. The van der Waals surface area contributed by atoms with Gasteiger partial charge < -0.3 is 4.90 Å². The topological polar surface area (TPSA) is 20.3 Å². The molecular formula is C12H24ClNO. The highest BCUT2D eigenvalue weighted by molar-refractivity contribution is 6.17. The molecule has 0 saturated carbocycles. The SMILES string of the molecule is CCCC(C)C(=O)N(C)CCCCCCl. The predicted molar refractivity (Wildman–Crippen MR) is 66.3 cm³/mol. The second kappa shape index (κ2) is 9.02. The Hall–Kier alpha value is -0.240. The van der Waals surface area contributed by atoms with Crippen LogP contribution in [0.2, 0.25) is 0 Å². The van der Waals surface area contributed by atoms with Gasteiger partial charge in [-0.2, -0.15) is 0 Å². The molecule has 0 aliphatic rings. The summed E-state index contributed by atoms with van der Waals surface area (Å²) in [6.45, 7) is 5.00. The zero-order chi connectivity index (χ0) is 11.7. The molecular weight excluding hydrogens is 210 g/mol. The average Bonchev–Trinajstić information content (AvgIpc) is 2.23. The van der Waals surface area contributed by atoms with Crippen molar-refractivity contribution < 1.29 is 4.79 Å². The molecule has 0 aliphatic carbocycles. The van der Waals surface area contributed by atoms with Crippen molar-refractivity contribution in [1.82, 2.24) is 4.90 Å². The van der Waals surface area contributed by atoms with Crippen LogP contribution < -0.4 is 0 Å². The molecule has 0 aromatic carbocycles. The highest BCUT2D eigenvalue weighted by Gasteiger charge is 2.15. The summed E-state index contributed by atoms with van der Waals surface area (Å²) in [6, 6.07) is 0.